The predicted molar refractivity (Wildman–Crippen MR) is 83.6 cm³/mol. The van der Waals surface area contributed by atoms with E-state index in [0.717, 1.165) is 5.56 Å². The van der Waals surface area contributed by atoms with Crippen molar-refractivity contribution < 1.29 is 9.18 Å². The number of hydrogen-bond acceptors (Lipinski definition) is 3. The molecule has 3 aromatic rings. The van der Waals surface area contributed by atoms with E-state index in [0.29, 0.717) is 17.3 Å². The number of nitrogens with zero attached hydrogens (tertiary/aromatic N) is 4. The van der Waals surface area contributed by atoms with Crippen LogP contribution in [0.4, 0.5) is 10.1 Å². The van der Waals surface area contributed by atoms with Gasteiger partial charge in [0.15, 0.2) is 0 Å². The molecule has 1 N–H and O–H groups in total. The highest BCUT2D eigenvalue weighted by molar-refractivity contribution is 6.30. The van der Waals surface area contributed by atoms with E-state index < -0.39 is 0 Å². The number of nitrogens with one attached hydrogen (secondary N) is 1. The molecule has 0 aliphatic carbocycles. The summed E-state index contributed by atoms with van der Waals surface area (Å²) in [5.74, 6) is -0.507. The summed E-state index contributed by atoms with van der Waals surface area (Å²) in [7, 11) is 0. The van der Waals surface area contributed by atoms with Crippen LogP contribution in [0, 0.1) is 5.82 Å². The quantitative estimate of drug-likeness (QED) is 0.780. The van der Waals surface area contributed by atoms with Crippen LogP contribution < -0.4 is 5.32 Å². The van der Waals surface area contributed by atoms with Crippen molar-refractivity contribution >= 4 is 23.2 Å². The maximum absolute atomic E-state index is 12.9. The molecule has 0 saturated heterocycles. The van der Waals surface area contributed by atoms with Crippen molar-refractivity contribution in [2.75, 3.05) is 5.32 Å². The molecule has 3 rings (SSSR count). The number of hydrogen-bond donors (Lipinski definition) is 1. The van der Waals surface area contributed by atoms with E-state index >= 15 is 0 Å². The topological polar surface area (TPSA) is 64.7 Å². The highest BCUT2D eigenvalue weighted by Crippen LogP contribution is 2.10. The van der Waals surface area contributed by atoms with Gasteiger partial charge in [-0.05, 0) is 17.7 Å². The van der Waals surface area contributed by atoms with Crippen molar-refractivity contribution in [3.8, 4) is 0 Å². The van der Waals surface area contributed by atoms with Crippen molar-refractivity contribution in [3.63, 3.8) is 0 Å². The van der Waals surface area contributed by atoms with Crippen molar-refractivity contribution in [2.45, 2.75) is 13.1 Å². The number of anilines is 1. The number of rotatable bonds is 5. The summed E-state index contributed by atoms with van der Waals surface area (Å²) in [6.45, 7) is 0.556. The van der Waals surface area contributed by atoms with E-state index in [1.54, 1.807) is 35.4 Å². The van der Waals surface area contributed by atoms with Gasteiger partial charge in [0.25, 0.3) is 0 Å². The number of carbonyl (C=O) groups is 1. The number of amides is 1. The first-order chi connectivity index (χ1) is 11.1. The maximum atomic E-state index is 12.9. The fourth-order valence-corrected chi connectivity index (χ4v) is 2.22. The number of carbonyl (C=O) groups excluding carboxylic acids is 1. The Morgan fingerprint density at radius 1 is 1.13 bits per heavy atom. The average molecular weight is 334 g/mol. The standard InChI is InChI=1S/C15H13ClFN5O/c16-12-5-18-22(8-12)10-15(23)20-14-6-19-21(9-14)7-11-1-3-13(17)4-2-11/h1-6,8-9H,7,10H2,(H,20,23). The molecule has 0 fully saturated rings. The zero-order valence-electron chi connectivity index (χ0n) is 12.0. The highest BCUT2D eigenvalue weighted by Gasteiger charge is 2.07. The molecule has 0 aliphatic rings. The summed E-state index contributed by atoms with van der Waals surface area (Å²) in [5, 5.41) is 11.3. The first kappa shape index (κ1) is 15.2. The minimum absolute atomic E-state index is 0.0653. The molecule has 118 valence electrons. The zero-order valence-corrected chi connectivity index (χ0v) is 12.7. The van der Waals surface area contributed by atoms with E-state index in [1.165, 1.54) is 23.0 Å². The van der Waals surface area contributed by atoms with Gasteiger partial charge in [0.1, 0.15) is 12.4 Å². The third kappa shape index (κ3) is 4.17. The van der Waals surface area contributed by atoms with Gasteiger partial charge in [0.2, 0.25) is 5.91 Å². The third-order valence-electron chi connectivity index (χ3n) is 3.08. The Hall–Kier alpha value is -2.67. The molecule has 0 atom stereocenters. The lowest BCUT2D eigenvalue weighted by atomic mass is 10.2. The van der Waals surface area contributed by atoms with Gasteiger partial charge >= 0.3 is 0 Å². The molecule has 0 saturated carbocycles. The molecule has 0 unspecified atom stereocenters. The largest absolute Gasteiger partial charge is 0.322 e. The summed E-state index contributed by atoms with van der Waals surface area (Å²) >= 11 is 5.74. The molecule has 8 heteroatoms. The van der Waals surface area contributed by atoms with Crippen LogP contribution in [0.2, 0.25) is 5.02 Å². The lowest BCUT2D eigenvalue weighted by Gasteiger charge is -2.03. The Balaban J connectivity index is 1.58. The normalized spacial score (nSPS) is 10.7. The van der Waals surface area contributed by atoms with Crippen LogP contribution in [-0.2, 0) is 17.9 Å². The van der Waals surface area contributed by atoms with Crippen LogP contribution in [0.1, 0.15) is 5.56 Å². The van der Waals surface area contributed by atoms with Gasteiger partial charge < -0.3 is 5.32 Å². The van der Waals surface area contributed by atoms with Crippen LogP contribution in [0.15, 0.2) is 49.1 Å². The van der Waals surface area contributed by atoms with Gasteiger partial charge in [-0.1, -0.05) is 23.7 Å². The minimum Gasteiger partial charge on any atom is -0.322 e. The van der Waals surface area contributed by atoms with Gasteiger partial charge in [0.05, 0.1) is 29.6 Å². The summed E-state index contributed by atoms with van der Waals surface area (Å²) in [5.41, 5.74) is 1.49. The summed E-state index contributed by atoms with van der Waals surface area (Å²) in [6, 6.07) is 6.18. The number of halogens is 2. The second-order valence-electron chi connectivity index (χ2n) is 4.96. The molecular weight excluding hydrogens is 321 g/mol. The predicted octanol–water partition coefficient (Wildman–Crippen LogP) is 2.56. The summed E-state index contributed by atoms with van der Waals surface area (Å²) in [6.07, 6.45) is 6.30. The zero-order chi connectivity index (χ0) is 16.2. The maximum Gasteiger partial charge on any atom is 0.246 e. The van der Waals surface area contributed by atoms with Crippen LogP contribution in [0.25, 0.3) is 0 Å². The first-order valence-corrected chi connectivity index (χ1v) is 7.21. The molecule has 0 aliphatic heterocycles. The van der Waals surface area contributed by atoms with Crippen molar-refractivity contribution in [1.82, 2.24) is 19.6 Å². The van der Waals surface area contributed by atoms with Gasteiger partial charge in [-0.15, -0.1) is 0 Å². The summed E-state index contributed by atoms with van der Waals surface area (Å²) in [4.78, 5) is 11.9. The second-order valence-corrected chi connectivity index (χ2v) is 5.39. The van der Waals surface area contributed by atoms with Gasteiger partial charge in [-0.3, -0.25) is 14.2 Å². The third-order valence-corrected chi connectivity index (χ3v) is 3.28. The molecule has 2 aromatic heterocycles. The molecule has 0 bridgehead atoms. The first-order valence-electron chi connectivity index (χ1n) is 6.83. The van der Waals surface area contributed by atoms with E-state index in [4.69, 9.17) is 11.6 Å². The molecule has 0 spiro atoms. The van der Waals surface area contributed by atoms with Crippen LogP contribution in [-0.4, -0.2) is 25.5 Å². The SMILES string of the molecule is O=C(Cn1cc(Cl)cn1)Nc1cnn(Cc2ccc(F)cc2)c1. The lowest BCUT2D eigenvalue weighted by molar-refractivity contribution is -0.116. The molecule has 1 amide bonds. The van der Waals surface area contributed by atoms with Crippen molar-refractivity contribution in [1.29, 1.82) is 0 Å². The van der Waals surface area contributed by atoms with Gasteiger partial charge in [-0.2, -0.15) is 10.2 Å². The Morgan fingerprint density at radius 3 is 2.57 bits per heavy atom. The van der Waals surface area contributed by atoms with Crippen molar-refractivity contribution in [3.05, 3.63) is 65.5 Å². The van der Waals surface area contributed by atoms with Crippen LogP contribution in [0.3, 0.4) is 0 Å². The van der Waals surface area contributed by atoms with E-state index in [9.17, 15) is 9.18 Å². The van der Waals surface area contributed by atoms with E-state index in [1.807, 2.05) is 0 Å². The average Bonchev–Trinajstić information content (AvgIpc) is 3.11. The highest BCUT2D eigenvalue weighted by atomic mass is 35.5. The smallest absolute Gasteiger partial charge is 0.246 e. The molecule has 0 radical (unpaired) electrons. The van der Waals surface area contributed by atoms with Crippen LogP contribution >= 0.6 is 11.6 Å². The van der Waals surface area contributed by atoms with Crippen molar-refractivity contribution in [2.24, 2.45) is 0 Å². The van der Waals surface area contributed by atoms with E-state index in [-0.39, 0.29) is 18.3 Å². The Morgan fingerprint density at radius 2 is 1.87 bits per heavy atom. The minimum atomic E-state index is -0.277. The molecule has 2 heterocycles. The monoisotopic (exact) mass is 333 g/mol. The lowest BCUT2D eigenvalue weighted by Crippen LogP contribution is -2.18. The number of aromatic nitrogens is 4. The van der Waals surface area contributed by atoms with Crippen LogP contribution in [0.5, 0.6) is 0 Å². The fourth-order valence-electron chi connectivity index (χ4n) is 2.06. The van der Waals surface area contributed by atoms with Gasteiger partial charge in [0, 0.05) is 12.4 Å². The molecule has 1 aromatic carbocycles. The molecular formula is C15H13ClFN5O. The fraction of sp³-hybridized carbons (Fsp3) is 0.133. The second kappa shape index (κ2) is 6.62. The van der Waals surface area contributed by atoms with Gasteiger partial charge in [-0.25, -0.2) is 4.39 Å². The summed E-state index contributed by atoms with van der Waals surface area (Å²) < 4.78 is 16.0. The van der Waals surface area contributed by atoms with E-state index in [2.05, 4.69) is 15.5 Å². The Bertz CT molecular complexity index is 811. The molecule has 23 heavy (non-hydrogen) atoms. The Kier molecular flexibility index (Phi) is 4.38. The Labute approximate surface area is 136 Å². The molecule has 6 nitrogen and oxygen atoms in total. The number of benzene rings is 1.